The molecule has 162 valence electrons. The van der Waals surface area contributed by atoms with Crippen LogP contribution in [0.1, 0.15) is 30.4 Å². The van der Waals surface area contributed by atoms with E-state index in [4.69, 9.17) is 11.6 Å². The van der Waals surface area contributed by atoms with Gasteiger partial charge in [0.15, 0.2) is 0 Å². The Kier molecular flexibility index (Phi) is 6.73. The number of fused-ring (bicyclic) bond motifs is 1. The van der Waals surface area contributed by atoms with Crippen LogP contribution in [0.15, 0.2) is 59.5 Å². The highest BCUT2D eigenvalue weighted by Crippen LogP contribution is 2.43. The normalized spacial score (nSPS) is 24.7. The predicted molar refractivity (Wildman–Crippen MR) is 128 cm³/mol. The summed E-state index contributed by atoms with van der Waals surface area (Å²) < 4.78 is 0. The third-order valence-electron chi connectivity index (χ3n) is 6.20. The van der Waals surface area contributed by atoms with Crippen molar-refractivity contribution in [2.75, 3.05) is 14.1 Å². The number of hydrogen-bond donors (Lipinski definition) is 0. The Balaban J connectivity index is 1.43. The van der Waals surface area contributed by atoms with Gasteiger partial charge in [-0.2, -0.15) is 0 Å². The maximum absolute atomic E-state index is 13.1. The summed E-state index contributed by atoms with van der Waals surface area (Å²) in [5, 5.41) is 0.976. The molecule has 0 radical (unpaired) electrons. The molecule has 2 aliphatic rings. The van der Waals surface area contributed by atoms with Gasteiger partial charge in [-0.25, -0.2) is 0 Å². The van der Waals surface area contributed by atoms with Crippen LogP contribution >= 0.6 is 23.4 Å². The molecule has 1 saturated carbocycles. The number of carbonyl (C=O) groups is 2. The zero-order chi connectivity index (χ0) is 22.0. The molecule has 4 rings (SSSR count). The standard InChI is InChI=1S/C25H27ClN2O2S/c1-27(16-17-7-4-3-5-8-17)24(29)19-11-12-22-21(15-19)28(2)25(30)23(31-22)14-18-9-6-10-20(26)13-18/h3-10,13-14,19,21-22H,11-12,15-16H2,1-2H3/b23-14-. The zero-order valence-corrected chi connectivity index (χ0v) is 19.4. The molecule has 0 N–H and O–H groups in total. The van der Waals surface area contributed by atoms with Crippen LogP contribution in [0.5, 0.6) is 0 Å². The minimum absolute atomic E-state index is 0.0250. The van der Waals surface area contributed by atoms with Gasteiger partial charge in [0.05, 0.1) is 4.91 Å². The second-order valence-electron chi connectivity index (χ2n) is 8.39. The van der Waals surface area contributed by atoms with Crippen molar-refractivity contribution < 1.29 is 9.59 Å². The SMILES string of the molecule is CN(Cc1ccccc1)C(=O)C1CCC2S/C(=C\c3cccc(Cl)c3)C(=O)N(C)C2C1. The highest BCUT2D eigenvalue weighted by Gasteiger charge is 2.43. The smallest absolute Gasteiger partial charge is 0.260 e. The molecule has 1 aliphatic heterocycles. The van der Waals surface area contributed by atoms with Gasteiger partial charge >= 0.3 is 0 Å². The lowest BCUT2D eigenvalue weighted by Crippen LogP contribution is -2.52. The van der Waals surface area contributed by atoms with E-state index in [1.165, 1.54) is 0 Å². The van der Waals surface area contributed by atoms with Gasteiger partial charge in [-0.3, -0.25) is 9.59 Å². The van der Waals surface area contributed by atoms with Crippen molar-refractivity contribution in [2.24, 2.45) is 5.92 Å². The Morgan fingerprint density at radius 2 is 1.97 bits per heavy atom. The van der Waals surface area contributed by atoms with E-state index in [1.54, 1.807) is 11.8 Å². The first kappa shape index (κ1) is 22.0. The quantitative estimate of drug-likeness (QED) is 0.605. The molecule has 0 aromatic heterocycles. The number of nitrogens with zero attached hydrogens (tertiary/aromatic N) is 2. The van der Waals surface area contributed by atoms with E-state index in [1.807, 2.05) is 84.6 Å². The van der Waals surface area contributed by atoms with Crippen LogP contribution in [0.3, 0.4) is 0 Å². The van der Waals surface area contributed by atoms with Crippen molar-refractivity contribution >= 4 is 41.3 Å². The fourth-order valence-electron chi connectivity index (χ4n) is 4.52. The minimum atomic E-state index is -0.0377. The molecule has 2 fully saturated rings. The van der Waals surface area contributed by atoms with E-state index in [0.29, 0.717) is 16.8 Å². The van der Waals surface area contributed by atoms with Crippen LogP contribution in [-0.4, -0.2) is 47.0 Å². The summed E-state index contributed by atoms with van der Waals surface area (Å²) in [5.74, 6) is 0.162. The Labute approximate surface area is 193 Å². The topological polar surface area (TPSA) is 40.6 Å². The first-order valence-electron chi connectivity index (χ1n) is 10.6. The van der Waals surface area contributed by atoms with E-state index < -0.39 is 0 Å². The number of carbonyl (C=O) groups excluding carboxylic acids is 2. The zero-order valence-electron chi connectivity index (χ0n) is 17.8. The Hall–Kier alpha value is -2.24. The van der Waals surface area contributed by atoms with Gasteiger partial charge < -0.3 is 9.80 Å². The fourth-order valence-corrected chi connectivity index (χ4v) is 6.20. The molecule has 0 spiro atoms. The first-order valence-corrected chi connectivity index (χ1v) is 11.9. The third-order valence-corrected chi connectivity index (χ3v) is 7.83. The largest absolute Gasteiger partial charge is 0.341 e. The van der Waals surface area contributed by atoms with Crippen LogP contribution in [-0.2, 0) is 16.1 Å². The monoisotopic (exact) mass is 454 g/mol. The summed E-state index contributed by atoms with van der Waals surface area (Å²) in [5.41, 5.74) is 2.06. The van der Waals surface area contributed by atoms with Crippen molar-refractivity contribution in [1.82, 2.24) is 9.80 Å². The van der Waals surface area contributed by atoms with E-state index in [-0.39, 0.29) is 23.8 Å². The number of hydrogen-bond acceptors (Lipinski definition) is 3. The molecule has 3 atom stereocenters. The number of rotatable bonds is 4. The first-order chi connectivity index (χ1) is 14.9. The van der Waals surface area contributed by atoms with Crippen LogP contribution in [0, 0.1) is 5.92 Å². The lowest BCUT2D eigenvalue weighted by atomic mass is 9.83. The lowest BCUT2D eigenvalue weighted by molar-refractivity contribution is -0.138. The van der Waals surface area contributed by atoms with Crippen LogP contribution < -0.4 is 0 Å². The van der Waals surface area contributed by atoms with Crippen molar-refractivity contribution in [1.29, 1.82) is 0 Å². The maximum atomic E-state index is 13.1. The molecule has 2 aromatic rings. The van der Waals surface area contributed by atoms with E-state index in [0.717, 1.165) is 35.3 Å². The van der Waals surface area contributed by atoms with Gasteiger partial charge in [0.25, 0.3) is 5.91 Å². The lowest BCUT2D eigenvalue weighted by Gasteiger charge is -2.44. The third kappa shape index (κ3) is 4.99. The summed E-state index contributed by atoms with van der Waals surface area (Å²) >= 11 is 7.75. The molecule has 3 unspecified atom stereocenters. The average Bonchev–Trinajstić information content (AvgIpc) is 2.77. The minimum Gasteiger partial charge on any atom is -0.341 e. The molecule has 2 aromatic carbocycles. The highest BCUT2D eigenvalue weighted by molar-refractivity contribution is 8.04. The van der Waals surface area contributed by atoms with E-state index in [9.17, 15) is 9.59 Å². The Morgan fingerprint density at radius 1 is 1.19 bits per heavy atom. The Bertz CT molecular complexity index is 994. The van der Waals surface area contributed by atoms with Crippen molar-refractivity contribution in [3.05, 3.63) is 75.7 Å². The average molecular weight is 455 g/mol. The number of halogens is 1. The molecular formula is C25H27ClN2O2S. The van der Waals surface area contributed by atoms with Gasteiger partial charge in [-0.1, -0.05) is 54.1 Å². The molecule has 1 aliphatic carbocycles. The second kappa shape index (κ2) is 9.49. The molecule has 0 bridgehead atoms. The van der Waals surface area contributed by atoms with Crippen molar-refractivity contribution in [2.45, 2.75) is 37.1 Å². The summed E-state index contributed by atoms with van der Waals surface area (Å²) in [6.45, 7) is 0.611. The van der Waals surface area contributed by atoms with Gasteiger partial charge in [-0.05, 0) is 48.6 Å². The molecular weight excluding hydrogens is 428 g/mol. The second-order valence-corrected chi connectivity index (χ2v) is 10.1. The van der Waals surface area contributed by atoms with Gasteiger partial charge in [0, 0.05) is 42.9 Å². The highest BCUT2D eigenvalue weighted by atomic mass is 35.5. The molecule has 31 heavy (non-hydrogen) atoms. The maximum Gasteiger partial charge on any atom is 0.260 e. The molecule has 6 heteroatoms. The number of likely N-dealkylation sites (N-methyl/N-ethyl adjacent to an activating group) is 1. The molecule has 1 heterocycles. The van der Waals surface area contributed by atoms with Gasteiger partial charge in [0.2, 0.25) is 5.91 Å². The van der Waals surface area contributed by atoms with Crippen molar-refractivity contribution in [3.8, 4) is 0 Å². The van der Waals surface area contributed by atoms with E-state index >= 15 is 0 Å². The summed E-state index contributed by atoms with van der Waals surface area (Å²) in [4.78, 5) is 30.5. The number of amides is 2. The molecule has 4 nitrogen and oxygen atoms in total. The molecule has 1 saturated heterocycles. The summed E-state index contributed by atoms with van der Waals surface area (Å²) in [6, 6.07) is 17.7. The summed E-state index contributed by atoms with van der Waals surface area (Å²) in [7, 11) is 3.74. The van der Waals surface area contributed by atoms with Crippen LogP contribution in [0.25, 0.3) is 6.08 Å². The summed E-state index contributed by atoms with van der Waals surface area (Å²) in [6.07, 6.45) is 4.44. The van der Waals surface area contributed by atoms with Gasteiger partial charge in [0.1, 0.15) is 0 Å². The van der Waals surface area contributed by atoms with Gasteiger partial charge in [-0.15, -0.1) is 11.8 Å². The predicted octanol–water partition coefficient (Wildman–Crippen LogP) is 5.08. The molecule has 2 amide bonds. The number of benzene rings is 2. The number of thioether (sulfide) groups is 1. The Morgan fingerprint density at radius 3 is 2.71 bits per heavy atom. The van der Waals surface area contributed by atoms with E-state index in [2.05, 4.69) is 0 Å². The van der Waals surface area contributed by atoms with Crippen molar-refractivity contribution in [3.63, 3.8) is 0 Å². The van der Waals surface area contributed by atoms with Crippen LogP contribution in [0.4, 0.5) is 0 Å². The fraction of sp³-hybridized carbons (Fsp3) is 0.360. The van der Waals surface area contributed by atoms with Crippen LogP contribution in [0.2, 0.25) is 5.02 Å².